The summed E-state index contributed by atoms with van der Waals surface area (Å²) in [6.07, 6.45) is 2.68. The highest BCUT2D eigenvalue weighted by atomic mass is 16.5. The summed E-state index contributed by atoms with van der Waals surface area (Å²) in [6, 6.07) is 0.171. The van der Waals surface area contributed by atoms with E-state index >= 15 is 0 Å². The first-order valence-electron chi connectivity index (χ1n) is 8.18. The van der Waals surface area contributed by atoms with Crippen LogP contribution in [0.4, 0.5) is 0 Å². The Kier molecular flexibility index (Phi) is 7.10. The summed E-state index contributed by atoms with van der Waals surface area (Å²) >= 11 is 0. The van der Waals surface area contributed by atoms with Crippen LogP contribution in [0.25, 0.3) is 0 Å². The SMILES string of the molecule is CCC(CCCN1C[C@@H](C)O[C@@H](C)C1)(NC(C)C)C(=O)O. The molecule has 1 saturated heterocycles. The number of ether oxygens (including phenoxy) is 1. The lowest BCUT2D eigenvalue weighted by Crippen LogP contribution is -2.54. The molecular formula is C16H32N2O3. The van der Waals surface area contributed by atoms with Gasteiger partial charge < -0.3 is 9.84 Å². The highest BCUT2D eigenvalue weighted by Gasteiger charge is 2.36. The molecule has 0 aromatic carbocycles. The van der Waals surface area contributed by atoms with Crippen LogP contribution >= 0.6 is 0 Å². The number of carboxylic acid groups (broad SMARTS) is 1. The normalized spacial score (nSPS) is 26.8. The van der Waals surface area contributed by atoms with Crippen LogP contribution in [-0.4, -0.2) is 59.4 Å². The van der Waals surface area contributed by atoms with E-state index in [9.17, 15) is 9.90 Å². The summed E-state index contributed by atoms with van der Waals surface area (Å²) < 4.78 is 5.73. The van der Waals surface area contributed by atoms with Crippen LogP contribution < -0.4 is 5.32 Å². The molecule has 0 aromatic rings. The second-order valence-corrected chi connectivity index (χ2v) is 6.66. The largest absolute Gasteiger partial charge is 0.480 e. The number of nitrogens with one attached hydrogen (secondary N) is 1. The van der Waals surface area contributed by atoms with Crippen molar-refractivity contribution in [2.45, 2.75) is 77.7 Å². The third-order valence-corrected chi connectivity index (χ3v) is 4.15. The molecule has 1 rings (SSSR count). The molecule has 2 N–H and O–H groups in total. The van der Waals surface area contributed by atoms with E-state index in [2.05, 4.69) is 24.1 Å². The molecule has 1 aliphatic rings. The topological polar surface area (TPSA) is 61.8 Å². The fraction of sp³-hybridized carbons (Fsp3) is 0.938. The Morgan fingerprint density at radius 1 is 1.38 bits per heavy atom. The molecule has 0 aliphatic carbocycles. The van der Waals surface area contributed by atoms with Crippen molar-refractivity contribution in [2.24, 2.45) is 0 Å². The Morgan fingerprint density at radius 3 is 2.38 bits per heavy atom. The summed E-state index contributed by atoms with van der Waals surface area (Å²) in [5, 5.41) is 12.9. The summed E-state index contributed by atoms with van der Waals surface area (Å²) in [5.41, 5.74) is -0.794. The van der Waals surface area contributed by atoms with Crippen LogP contribution in [0.3, 0.4) is 0 Å². The van der Waals surface area contributed by atoms with Gasteiger partial charge in [-0.3, -0.25) is 15.0 Å². The van der Waals surface area contributed by atoms with E-state index in [0.717, 1.165) is 26.1 Å². The zero-order chi connectivity index (χ0) is 16.0. The smallest absolute Gasteiger partial charge is 0.323 e. The van der Waals surface area contributed by atoms with Crippen LogP contribution in [0.1, 0.15) is 53.9 Å². The predicted molar refractivity (Wildman–Crippen MR) is 84.6 cm³/mol. The van der Waals surface area contributed by atoms with Crippen molar-refractivity contribution in [3.63, 3.8) is 0 Å². The van der Waals surface area contributed by atoms with Gasteiger partial charge in [0.2, 0.25) is 0 Å². The highest BCUT2D eigenvalue weighted by molar-refractivity contribution is 5.78. The van der Waals surface area contributed by atoms with Crippen LogP contribution in [0.5, 0.6) is 0 Å². The van der Waals surface area contributed by atoms with Crippen molar-refractivity contribution in [1.29, 1.82) is 0 Å². The molecule has 5 heteroatoms. The molecule has 0 spiro atoms. The minimum Gasteiger partial charge on any atom is -0.480 e. The Bertz CT molecular complexity index is 325. The molecule has 0 aromatic heterocycles. The molecule has 5 nitrogen and oxygen atoms in total. The molecule has 0 radical (unpaired) electrons. The zero-order valence-electron chi connectivity index (χ0n) is 14.2. The molecule has 0 bridgehead atoms. The molecule has 1 heterocycles. The lowest BCUT2D eigenvalue weighted by molar-refractivity contribution is -0.146. The van der Waals surface area contributed by atoms with Crippen LogP contribution in [0, 0.1) is 0 Å². The molecule has 21 heavy (non-hydrogen) atoms. The number of rotatable bonds is 8. The fourth-order valence-corrected chi connectivity index (χ4v) is 3.29. The second kappa shape index (κ2) is 8.11. The summed E-state index contributed by atoms with van der Waals surface area (Å²) in [4.78, 5) is 14.1. The van der Waals surface area contributed by atoms with E-state index in [1.807, 2.05) is 20.8 Å². The van der Waals surface area contributed by atoms with Gasteiger partial charge in [0.25, 0.3) is 0 Å². The van der Waals surface area contributed by atoms with Gasteiger partial charge in [-0.2, -0.15) is 0 Å². The van der Waals surface area contributed by atoms with Crippen molar-refractivity contribution in [3.8, 4) is 0 Å². The molecule has 1 aliphatic heterocycles. The fourth-order valence-electron chi connectivity index (χ4n) is 3.29. The van der Waals surface area contributed by atoms with Crippen LogP contribution in [-0.2, 0) is 9.53 Å². The Labute approximate surface area is 129 Å². The lowest BCUT2D eigenvalue weighted by Gasteiger charge is -2.36. The monoisotopic (exact) mass is 300 g/mol. The summed E-state index contributed by atoms with van der Waals surface area (Å²) in [6.45, 7) is 12.9. The van der Waals surface area contributed by atoms with E-state index in [1.54, 1.807) is 0 Å². The maximum Gasteiger partial charge on any atom is 0.323 e. The van der Waals surface area contributed by atoms with Crippen molar-refractivity contribution in [3.05, 3.63) is 0 Å². The van der Waals surface area contributed by atoms with E-state index in [-0.39, 0.29) is 18.2 Å². The van der Waals surface area contributed by atoms with Gasteiger partial charge in [0, 0.05) is 19.1 Å². The third kappa shape index (κ3) is 5.57. The molecule has 124 valence electrons. The molecule has 1 fully saturated rings. The van der Waals surface area contributed by atoms with Crippen molar-refractivity contribution < 1.29 is 14.6 Å². The lowest BCUT2D eigenvalue weighted by atomic mass is 9.89. The third-order valence-electron chi connectivity index (χ3n) is 4.15. The van der Waals surface area contributed by atoms with Gasteiger partial charge >= 0.3 is 5.97 Å². The van der Waals surface area contributed by atoms with Gasteiger partial charge in [-0.05, 0) is 53.5 Å². The Balaban J connectivity index is 2.51. The van der Waals surface area contributed by atoms with Gasteiger partial charge in [0.1, 0.15) is 5.54 Å². The average Bonchev–Trinajstić information content (AvgIpc) is 2.35. The van der Waals surface area contributed by atoms with Gasteiger partial charge in [-0.1, -0.05) is 6.92 Å². The van der Waals surface area contributed by atoms with Crippen molar-refractivity contribution >= 4 is 5.97 Å². The molecule has 0 saturated carbocycles. The first-order chi connectivity index (χ1) is 9.79. The summed E-state index contributed by atoms with van der Waals surface area (Å²) in [5.74, 6) is -0.734. The number of hydrogen-bond acceptors (Lipinski definition) is 4. The Morgan fingerprint density at radius 2 is 1.95 bits per heavy atom. The van der Waals surface area contributed by atoms with E-state index in [4.69, 9.17) is 4.74 Å². The van der Waals surface area contributed by atoms with Gasteiger partial charge in [-0.15, -0.1) is 0 Å². The number of hydrogen-bond donors (Lipinski definition) is 2. The standard InChI is InChI=1S/C16H32N2O3/c1-6-16(15(19)20,17-12(2)3)8-7-9-18-10-13(4)21-14(5)11-18/h12-14,17H,6-11H2,1-5H3,(H,19,20)/t13-,14+,16?. The van der Waals surface area contributed by atoms with E-state index in [0.29, 0.717) is 12.8 Å². The van der Waals surface area contributed by atoms with Crippen molar-refractivity contribution in [2.75, 3.05) is 19.6 Å². The van der Waals surface area contributed by atoms with Gasteiger partial charge in [0.15, 0.2) is 0 Å². The second-order valence-electron chi connectivity index (χ2n) is 6.66. The maximum absolute atomic E-state index is 11.7. The van der Waals surface area contributed by atoms with Crippen LogP contribution in [0.15, 0.2) is 0 Å². The molecule has 0 amide bonds. The Hall–Kier alpha value is -0.650. The first kappa shape index (κ1) is 18.4. The van der Waals surface area contributed by atoms with Gasteiger partial charge in [-0.25, -0.2) is 0 Å². The van der Waals surface area contributed by atoms with Gasteiger partial charge in [0.05, 0.1) is 12.2 Å². The minimum atomic E-state index is -0.794. The number of aliphatic carboxylic acids is 1. The summed E-state index contributed by atoms with van der Waals surface area (Å²) in [7, 11) is 0. The minimum absolute atomic E-state index is 0.171. The number of carboxylic acids is 1. The van der Waals surface area contributed by atoms with E-state index < -0.39 is 11.5 Å². The molecule has 1 unspecified atom stereocenters. The zero-order valence-corrected chi connectivity index (χ0v) is 14.2. The van der Waals surface area contributed by atoms with Crippen molar-refractivity contribution in [1.82, 2.24) is 10.2 Å². The highest BCUT2D eigenvalue weighted by Crippen LogP contribution is 2.20. The average molecular weight is 300 g/mol. The number of carbonyl (C=O) groups is 1. The maximum atomic E-state index is 11.7. The quantitative estimate of drug-likeness (QED) is 0.719. The van der Waals surface area contributed by atoms with Crippen LogP contribution in [0.2, 0.25) is 0 Å². The predicted octanol–water partition coefficient (Wildman–Crippen LogP) is 2.11. The molecular weight excluding hydrogens is 268 g/mol. The first-order valence-corrected chi connectivity index (χ1v) is 8.18. The number of nitrogens with zero attached hydrogens (tertiary/aromatic N) is 1. The van der Waals surface area contributed by atoms with E-state index in [1.165, 1.54) is 0 Å². The molecule has 3 atom stereocenters. The number of morpholine rings is 1.